The Morgan fingerprint density at radius 1 is 1.36 bits per heavy atom. The van der Waals surface area contributed by atoms with Crippen molar-refractivity contribution < 1.29 is 14.3 Å². The molecular formula is C10H12FNO2. The predicted molar refractivity (Wildman–Crippen MR) is 49.9 cm³/mol. The smallest absolute Gasteiger partial charge is 0.222 e. The first-order valence-corrected chi connectivity index (χ1v) is 4.34. The second-order valence-corrected chi connectivity index (χ2v) is 2.88. The maximum absolute atomic E-state index is 12.5. The Bertz CT molecular complexity index is 297. The van der Waals surface area contributed by atoms with Crippen LogP contribution >= 0.6 is 0 Å². The molecule has 0 heterocycles. The molecule has 0 aliphatic heterocycles. The number of aliphatic hydroxyl groups is 1. The van der Waals surface area contributed by atoms with Gasteiger partial charge < -0.3 is 10.4 Å². The number of benzene rings is 1. The fourth-order valence-corrected chi connectivity index (χ4v) is 0.993. The van der Waals surface area contributed by atoms with Crippen LogP contribution in [0, 0.1) is 5.82 Å². The predicted octanol–water partition coefficient (Wildman–Crippen LogP) is 0.824. The number of hydrogen-bond donors (Lipinski definition) is 2. The van der Waals surface area contributed by atoms with Crippen LogP contribution < -0.4 is 5.32 Å². The SMILES string of the molecule is O=C(CCO)NCc1ccc(F)cc1. The first-order valence-electron chi connectivity index (χ1n) is 4.34. The van der Waals surface area contributed by atoms with Crippen molar-refractivity contribution in [2.45, 2.75) is 13.0 Å². The summed E-state index contributed by atoms with van der Waals surface area (Å²) in [6.07, 6.45) is 0.0984. The number of rotatable bonds is 4. The van der Waals surface area contributed by atoms with Gasteiger partial charge in [-0.3, -0.25) is 4.79 Å². The first-order chi connectivity index (χ1) is 6.72. The molecule has 1 amide bonds. The number of nitrogens with one attached hydrogen (secondary N) is 1. The molecule has 0 aliphatic rings. The van der Waals surface area contributed by atoms with Crippen molar-refractivity contribution in [2.75, 3.05) is 6.61 Å². The molecule has 3 nitrogen and oxygen atoms in total. The third-order valence-electron chi connectivity index (χ3n) is 1.74. The highest BCUT2D eigenvalue weighted by molar-refractivity contribution is 5.75. The maximum Gasteiger partial charge on any atom is 0.222 e. The zero-order valence-electron chi connectivity index (χ0n) is 7.66. The van der Waals surface area contributed by atoms with Gasteiger partial charge in [-0.2, -0.15) is 0 Å². The molecule has 14 heavy (non-hydrogen) atoms. The van der Waals surface area contributed by atoms with E-state index in [0.29, 0.717) is 6.54 Å². The molecule has 0 saturated heterocycles. The van der Waals surface area contributed by atoms with Gasteiger partial charge in [-0.05, 0) is 17.7 Å². The van der Waals surface area contributed by atoms with Crippen LogP contribution in [0.3, 0.4) is 0 Å². The Hall–Kier alpha value is -1.42. The Labute approximate surface area is 81.6 Å². The van der Waals surface area contributed by atoms with E-state index < -0.39 is 0 Å². The molecule has 0 aromatic heterocycles. The van der Waals surface area contributed by atoms with Crippen molar-refractivity contribution in [2.24, 2.45) is 0 Å². The van der Waals surface area contributed by atoms with E-state index >= 15 is 0 Å². The summed E-state index contributed by atoms with van der Waals surface area (Å²) in [7, 11) is 0. The number of amides is 1. The van der Waals surface area contributed by atoms with Crippen molar-refractivity contribution in [3.05, 3.63) is 35.6 Å². The Morgan fingerprint density at radius 2 is 2.00 bits per heavy atom. The Kier molecular flexibility index (Phi) is 4.07. The fraction of sp³-hybridized carbons (Fsp3) is 0.300. The summed E-state index contributed by atoms with van der Waals surface area (Å²) in [5, 5.41) is 11.1. The molecule has 0 radical (unpaired) electrons. The van der Waals surface area contributed by atoms with Crippen molar-refractivity contribution in [1.82, 2.24) is 5.32 Å². The fourth-order valence-electron chi connectivity index (χ4n) is 0.993. The van der Waals surface area contributed by atoms with Crippen LogP contribution in [0.25, 0.3) is 0 Å². The molecule has 1 aromatic rings. The quantitative estimate of drug-likeness (QED) is 0.751. The van der Waals surface area contributed by atoms with Crippen LogP contribution in [-0.4, -0.2) is 17.6 Å². The lowest BCUT2D eigenvalue weighted by Crippen LogP contribution is -2.23. The summed E-state index contributed by atoms with van der Waals surface area (Å²) in [5.74, 6) is -0.507. The molecule has 1 rings (SSSR count). The molecule has 2 N–H and O–H groups in total. The molecule has 0 unspecified atom stereocenters. The standard InChI is InChI=1S/C10H12FNO2/c11-9-3-1-8(2-4-9)7-12-10(14)5-6-13/h1-4,13H,5-7H2,(H,12,14). The van der Waals surface area contributed by atoms with E-state index in [1.54, 1.807) is 12.1 Å². The van der Waals surface area contributed by atoms with E-state index in [4.69, 9.17) is 5.11 Å². The van der Waals surface area contributed by atoms with Gasteiger partial charge in [0.15, 0.2) is 0 Å². The minimum Gasteiger partial charge on any atom is -0.396 e. The van der Waals surface area contributed by atoms with Gasteiger partial charge in [0.05, 0.1) is 6.61 Å². The van der Waals surface area contributed by atoms with Gasteiger partial charge in [-0.15, -0.1) is 0 Å². The van der Waals surface area contributed by atoms with Gasteiger partial charge in [0.1, 0.15) is 5.82 Å². The Balaban J connectivity index is 2.38. The first kappa shape index (κ1) is 10.7. The highest BCUT2D eigenvalue weighted by atomic mass is 19.1. The van der Waals surface area contributed by atoms with Crippen molar-refractivity contribution in [3.8, 4) is 0 Å². The zero-order valence-corrected chi connectivity index (χ0v) is 7.66. The summed E-state index contributed by atoms with van der Waals surface area (Å²) in [6, 6.07) is 5.89. The van der Waals surface area contributed by atoms with E-state index in [1.165, 1.54) is 12.1 Å². The second-order valence-electron chi connectivity index (χ2n) is 2.88. The molecule has 0 spiro atoms. The molecule has 0 atom stereocenters. The summed E-state index contributed by atoms with van der Waals surface area (Å²) < 4.78 is 12.5. The monoisotopic (exact) mass is 197 g/mol. The minimum absolute atomic E-state index is 0.0984. The van der Waals surface area contributed by atoms with Gasteiger partial charge in [-0.25, -0.2) is 4.39 Å². The lowest BCUT2D eigenvalue weighted by atomic mass is 10.2. The molecule has 0 aliphatic carbocycles. The number of carbonyl (C=O) groups excluding carboxylic acids is 1. The van der Waals surface area contributed by atoms with Crippen LogP contribution in [0.2, 0.25) is 0 Å². The van der Waals surface area contributed by atoms with Crippen LogP contribution in [0.1, 0.15) is 12.0 Å². The largest absolute Gasteiger partial charge is 0.396 e. The number of carbonyl (C=O) groups is 1. The molecule has 4 heteroatoms. The van der Waals surface area contributed by atoms with E-state index in [1.807, 2.05) is 0 Å². The normalized spacial score (nSPS) is 9.86. The lowest BCUT2D eigenvalue weighted by Gasteiger charge is -2.03. The van der Waals surface area contributed by atoms with E-state index in [2.05, 4.69) is 5.32 Å². The average Bonchev–Trinajstić information content (AvgIpc) is 2.17. The highest BCUT2D eigenvalue weighted by Crippen LogP contribution is 2.01. The van der Waals surface area contributed by atoms with Crippen molar-refractivity contribution >= 4 is 5.91 Å². The van der Waals surface area contributed by atoms with Crippen LogP contribution in [0.15, 0.2) is 24.3 Å². The summed E-state index contributed by atoms with van der Waals surface area (Å²) >= 11 is 0. The van der Waals surface area contributed by atoms with E-state index in [9.17, 15) is 9.18 Å². The molecule has 0 saturated carbocycles. The van der Waals surface area contributed by atoms with Crippen LogP contribution in [0.4, 0.5) is 4.39 Å². The van der Waals surface area contributed by atoms with Crippen molar-refractivity contribution in [1.29, 1.82) is 0 Å². The highest BCUT2D eigenvalue weighted by Gasteiger charge is 1.99. The zero-order chi connectivity index (χ0) is 10.4. The molecule has 0 fully saturated rings. The number of aliphatic hydroxyl groups excluding tert-OH is 1. The van der Waals surface area contributed by atoms with Gasteiger partial charge >= 0.3 is 0 Å². The van der Waals surface area contributed by atoms with Gasteiger partial charge in [0, 0.05) is 13.0 Å². The van der Waals surface area contributed by atoms with Crippen LogP contribution in [-0.2, 0) is 11.3 Å². The second kappa shape index (κ2) is 5.34. The number of hydrogen-bond acceptors (Lipinski definition) is 2. The Morgan fingerprint density at radius 3 is 2.57 bits per heavy atom. The van der Waals surface area contributed by atoms with Gasteiger partial charge in [0.2, 0.25) is 5.91 Å². The third-order valence-corrected chi connectivity index (χ3v) is 1.74. The average molecular weight is 197 g/mol. The number of halogens is 1. The van der Waals surface area contributed by atoms with Crippen molar-refractivity contribution in [3.63, 3.8) is 0 Å². The molecular weight excluding hydrogens is 185 g/mol. The van der Waals surface area contributed by atoms with Gasteiger partial charge in [0.25, 0.3) is 0 Å². The van der Waals surface area contributed by atoms with E-state index in [0.717, 1.165) is 5.56 Å². The van der Waals surface area contributed by atoms with E-state index in [-0.39, 0.29) is 24.8 Å². The minimum atomic E-state index is -0.296. The summed E-state index contributed by atoms with van der Waals surface area (Å²) in [4.78, 5) is 10.9. The topological polar surface area (TPSA) is 49.3 Å². The maximum atomic E-state index is 12.5. The molecule has 0 bridgehead atoms. The molecule has 1 aromatic carbocycles. The lowest BCUT2D eigenvalue weighted by molar-refractivity contribution is -0.121. The third kappa shape index (κ3) is 3.53. The van der Waals surface area contributed by atoms with Gasteiger partial charge in [-0.1, -0.05) is 12.1 Å². The summed E-state index contributed by atoms with van der Waals surface area (Å²) in [6.45, 7) is 0.203. The molecule has 76 valence electrons. The summed E-state index contributed by atoms with van der Waals surface area (Å²) in [5.41, 5.74) is 0.831. The van der Waals surface area contributed by atoms with Crippen LogP contribution in [0.5, 0.6) is 0 Å².